The van der Waals surface area contributed by atoms with E-state index in [0.29, 0.717) is 18.9 Å². The SMILES string of the molecule is COCCN1CCC(CN2CC(C(=O)OC)CC2=O)C1. The van der Waals surface area contributed by atoms with Crippen molar-refractivity contribution in [1.29, 1.82) is 0 Å². The first-order valence-electron chi connectivity index (χ1n) is 7.21. The predicted molar refractivity (Wildman–Crippen MR) is 73.1 cm³/mol. The fourth-order valence-electron chi connectivity index (χ4n) is 3.07. The Balaban J connectivity index is 1.77. The van der Waals surface area contributed by atoms with E-state index in [0.717, 1.165) is 39.2 Å². The second-order valence-corrected chi connectivity index (χ2v) is 5.67. The molecule has 20 heavy (non-hydrogen) atoms. The van der Waals surface area contributed by atoms with Gasteiger partial charge in [0.15, 0.2) is 0 Å². The topological polar surface area (TPSA) is 59.1 Å². The van der Waals surface area contributed by atoms with Gasteiger partial charge in [0.1, 0.15) is 0 Å². The first-order chi connectivity index (χ1) is 9.63. The van der Waals surface area contributed by atoms with Gasteiger partial charge in [0.05, 0.1) is 19.6 Å². The number of hydrogen-bond donors (Lipinski definition) is 0. The molecule has 2 heterocycles. The summed E-state index contributed by atoms with van der Waals surface area (Å²) in [6, 6.07) is 0. The maximum absolute atomic E-state index is 11.9. The normalized spacial score (nSPS) is 27.3. The maximum Gasteiger partial charge on any atom is 0.310 e. The van der Waals surface area contributed by atoms with Crippen LogP contribution in [0, 0.1) is 11.8 Å². The zero-order valence-electron chi connectivity index (χ0n) is 12.3. The van der Waals surface area contributed by atoms with Crippen molar-refractivity contribution in [2.45, 2.75) is 12.8 Å². The molecule has 6 nitrogen and oxygen atoms in total. The Hall–Kier alpha value is -1.14. The van der Waals surface area contributed by atoms with Crippen LogP contribution in [-0.4, -0.2) is 75.2 Å². The van der Waals surface area contributed by atoms with E-state index in [1.165, 1.54) is 7.11 Å². The summed E-state index contributed by atoms with van der Waals surface area (Å²) in [7, 11) is 3.09. The van der Waals surface area contributed by atoms with Gasteiger partial charge in [-0.3, -0.25) is 9.59 Å². The zero-order chi connectivity index (χ0) is 14.5. The number of amides is 1. The molecule has 6 heteroatoms. The number of nitrogens with zero attached hydrogens (tertiary/aromatic N) is 2. The van der Waals surface area contributed by atoms with E-state index in [1.807, 2.05) is 4.90 Å². The van der Waals surface area contributed by atoms with Crippen molar-refractivity contribution >= 4 is 11.9 Å². The summed E-state index contributed by atoms with van der Waals surface area (Å²) in [5.41, 5.74) is 0. The van der Waals surface area contributed by atoms with Crippen LogP contribution in [0.3, 0.4) is 0 Å². The maximum atomic E-state index is 11.9. The minimum absolute atomic E-state index is 0.0794. The van der Waals surface area contributed by atoms with E-state index >= 15 is 0 Å². The van der Waals surface area contributed by atoms with Gasteiger partial charge in [-0.05, 0) is 18.9 Å². The van der Waals surface area contributed by atoms with E-state index in [9.17, 15) is 9.59 Å². The Morgan fingerprint density at radius 2 is 2.15 bits per heavy atom. The second kappa shape index (κ2) is 7.04. The van der Waals surface area contributed by atoms with Gasteiger partial charge >= 0.3 is 5.97 Å². The number of ether oxygens (including phenoxy) is 2. The molecular formula is C14H24N2O4. The molecule has 2 rings (SSSR count). The highest BCUT2D eigenvalue weighted by Crippen LogP contribution is 2.23. The summed E-state index contributed by atoms with van der Waals surface area (Å²) in [6.45, 7) is 5.05. The van der Waals surface area contributed by atoms with E-state index < -0.39 is 0 Å². The Labute approximate surface area is 120 Å². The highest BCUT2D eigenvalue weighted by Gasteiger charge is 2.36. The second-order valence-electron chi connectivity index (χ2n) is 5.67. The van der Waals surface area contributed by atoms with Gasteiger partial charge < -0.3 is 19.3 Å². The van der Waals surface area contributed by atoms with Crippen LogP contribution in [0.25, 0.3) is 0 Å². The molecule has 0 aromatic heterocycles. The molecule has 2 unspecified atom stereocenters. The average molecular weight is 284 g/mol. The van der Waals surface area contributed by atoms with Crippen LogP contribution in [0.15, 0.2) is 0 Å². The van der Waals surface area contributed by atoms with Crippen molar-refractivity contribution in [1.82, 2.24) is 9.80 Å². The van der Waals surface area contributed by atoms with Crippen molar-refractivity contribution in [2.24, 2.45) is 11.8 Å². The van der Waals surface area contributed by atoms with E-state index in [1.54, 1.807) is 7.11 Å². The molecule has 114 valence electrons. The van der Waals surface area contributed by atoms with Gasteiger partial charge in [-0.15, -0.1) is 0 Å². The van der Waals surface area contributed by atoms with Crippen molar-refractivity contribution in [3.63, 3.8) is 0 Å². The third kappa shape index (κ3) is 3.70. The molecule has 2 aliphatic heterocycles. The Kier molecular flexibility index (Phi) is 5.37. The summed E-state index contributed by atoms with van der Waals surface area (Å²) in [6.07, 6.45) is 1.41. The molecule has 0 spiro atoms. The van der Waals surface area contributed by atoms with Crippen LogP contribution in [0.5, 0.6) is 0 Å². The largest absolute Gasteiger partial charge is 0.469 e. The van der Waals surface area contributed by atoms with Crippen molar-refractivity contribution < 1.29 is 19.1 Å². The van der Waals surface area contributed by atoms with Crippen LogP contribution >= 0.6 is 0 Å². The smallest absolute Gasteiger partial charge is 0.310 e. The van der Waals surface area contributed by atoms with E-state index in [4.69, 9.17) is 9.47 Å². The molecule has 0 saturated carbocycles. The molecule has 2 fully saturated rings. The van der Waals surface area contributed by atoms with Crippen LogP contribution in [0.1, 0.15) is 12.8 Å². The first kappa shape index (κ1) is 15.3. The molecule has 0 aliphatic carbocycles. The fourth-order valence-corrected chi connectivity index (χ4v) is 3.07. The van der Waals surface area contributed by atoms with Crippen LogP contribution in [-0.2, 0) is 19.1 Å². The van der Waals surface area contributed by atoms with Gasteiger partial charge in [-0.2, -0.15) is 0 Å². The number of methoxy groups -OCH3 is 2. The van der Waals surface area contributed by atoms with E-state index in [-0.39, 0.29) is 17.8 Å². The molecular weight excluding hydrogens is 260 g/mol. The number of carbonyl (C=O) groups is 2. The fraction of sp³-hybridized carbons (Fsp3) is 0.857. The van der Waals surface area contributed by atoms with Crippen molar-refractivity contribution in [3.8, 4) is 0 Å². The summed E-state index contributed by atoms with van der Waals surface area (Å²) < 4.78 is 9.81. The summed E-state index contributed by atoms with van der Waals surface area (Å²) >= 11 is 0. The van der Waals surface area contributed by atoms with Gasteiger partial charge in [0.25, 0.3) is 0 Å². The minimum Gasteiger partial charge on any atom is -0.469 e. The quantitative estimate of drug-likeness (QED) is 0.641. The minimum atomic E-state index is -0.279. The Morgan fingerprint density at radius 3 is 2.85 bits per heavy atom. The number of esters is 1. The molecule has 0 aromatic rings. The lowest BCUT2D eigenvalue weighted by Gasteiger charge is -2.21. The lowest BCUT2D eigenvalue weighted by atomic mass is 10.1. The van der Waals surface area contributed by atoms with Crippen molar-refractivity contribution in [2.75, 3.05) is 53.6 Å². The van der Waals surface area contributed by atoms with Gasteiger partial charge in [0, 0.05) is 39.7 Å². The van der Waals surface area contributed by atoms with Crippen molar-refractivity contribution in [3.05, 3.63) is 0 Å². The molecule has 0 aromatic carbocycles. The molecule has 2 aliphatic rings. The molecule has 2 atom stereocenters. The standard InChI is InChI=1S/C14H24N2O4/c1-19-6-5-15-4-3-11(8-15)9-16-10-12(7-13(16)17)14(18)20-2/h11-12H,3-10H2,1-2H3. The van der Waals surface area contributed by atoms with E-state index in [2.05, 4.69) is 4.90 Å². The Morgan fingerprint density at radius 1 is 1.35 bits per heavy atom. The lowest BCUT2D eigenvalue weighted by molar-refractivity contribution is -0.145. The lowest BCUT2D eigenvalue weighted by Crippen LogP contribution is -2.33. The molecule has 2 saturated heterocycles. The summed E-state index contributed by atoms with van der Waals surface area (Å²) in [4.78, 5) is 27.6. The van der Waals surface area contributed by atoms with Gasteiger partial charge in [-0.1, -0.05) is 0 Å². The number of rotatable bonds is 6. The highest BCUT2D eigenvalue weighted by molar-refractivity contribution is 5.86. The zero-order valence-corrected chi connectivity index (χ0v) is 12.3. The monoisotopic (exact) mass is 284 g/mol. The summed E-state index contributed by atoms with van der Waals surface area (Å²) in [5, 5.41) is 0. The summed E-state index contributed by atoms with van der Waals surface area (Å²) in [5.74, 6) is 0.0374. The predicted octanol–water partition coefficient (Wildman–Crippen LogP) is -0.0238. The van der Waals surface area contributed by atoms with Crippen LogP contribution in [0.2, 0.25) is 0 Å². The van der Waals surface area contributed by atoms with Gasteiger partial charge in [-0.25, -0.2) is 0 Å². The molecule has 0 N–H and O–H groups in total. The number of carbonyl (C=O) groups excluding carboxylic acids is 2. The molecule has 1 amide bonds. The van der Waals surface area contributed by atoms with Crippen LogP contribution < -0.4 is 0 Å². The van der Waals surface area contributed by atoms with Gasteiger partial charge in [0.2, 0.25) is 5.91 Å². The number of likely N-dealkylation sites (tertiary alicyclic amines) is 2. The third-order valence-corrected chi connectivity index (χ3v) is 4.21. The first-order valence-corrected chi connectivity index (χ1v) is 7.21. The Bertz CT molecular complexity index is 361. The highest BCUT2D eigenvalue weighted by atomic mass is 16.5. The van der Waals surface area contributed by atoms with Crippen LogP contribution in [0.4, 0.5) is 0 Å². The third-order valence-electron chi connectivity index (χ3n) is 4.21. The number of hydrogen-bond acceptors (Lipinski definition) is 5. The molecule has 0 radical (unpaired) electrons. The average Bonchev–Trinajstić information content (AvgIpc) is 3.04. The molecule has 0 bridgehead atoms.